The number of halogens is 1. The third-order valence-electron chi connectivity index (χ3n) is 2.35. The van der Waals surface area contributed by atoms with Crippen LogP contribution in [-0.2, 0) is 10.0 Å². The van der Waals surface area contributed by atoms with Crippen LogP contribution in [0.1, 0.15) is 12.8 Å². The highest BCUT2D eigenvalue weighted by molar-refractivity contribution is 7.91. The highest BCUT2D eigenvalue weighted by Gasteiger charge is 2.29. The minimum absolute atomic E-state index is 0.243. The average Bonchev–Trinajstić information content (AvgIpc) is 2.77. The minimum atomic E-state index is -3.35. The lowest BCUT2D eigenvalue weighted by Crippen LogP contribution is -2.27. The van der Waals surface area contributed by atoms with E-state index in [1.54, 1.807) is 0 Å². The van der Waals surface area contributed by atoms with Crippen molar-refractivity contribution in [1.82, 2.24) is 4.31 Å². The predicted molar refractivity (Wildman–Crippen MR) is 61.7 cm³/mol. The number of nitrogens with two attached hydrogens (primary N) is 1. The molecule has 2 heterocycles. The fourth-order valence-corrected chi connectivity index (χ4v) is 4.78. The molecule has 1 aliphatic heterocycles. The Morgan fingerprint density at radius 2 is 2.00 bits per heavy atom. The molecular weight excluding hydrogens is 256 g/mol. The largest absolute Gasteiger partial charge is 0.397 e. The summed E-state index contributed by atoms with van der Waals surface area (Å²) in [5.74, 6) is 0. The van der Waals surface area contributed by atoms with Crippen molar-refractivity contribution in [2.75, 3.05) is 18.8 Å². The molecule has 4 nitrogen and oxygen atoms in total. The van der Waals surface area contributed by atoms with Crippen LogP contribution < -0.4 is 5.73 Å². The maximum Gasteiger partial charge on any atom is 0.252 e. The molecular formula is C8H11ClN2O2S2. The summed E-state index contributed by atoms with van der Waals surface area (Å²) in [6.45, 7) is 1.19. The van der Waals surface area contributed by atoms with Gasteiger partial charge in [0.05, 0.1) is 5.69 Å². The quantitative estimate of drug-likeness (QED) is 0.887. The van der Waals surface area contributed by atoms with Crippen LogP contribution in [0.3, 0.4) is 0 Å². The minimum Gasteiger partial charge on any atom is -0.397 e. The summed E-state index contributed by atoms with van der Waals surface area (Å²) in [7, 11) is -3.35. The molecule has 0 bridgehead atoms. The van der Waals surface area contributed by atoms with Crippen LogP contribution in [0.25, 0.3) is 0 Å². The van der Waals surface area contributed by atoms with E-state index >= 15 is 0 Å². The smallest absolute Gasteiger partial charge is 0.252 e. The molecule has 1 aromatic heterocycles. The number of hydrogen-bond acceptors (Lipinski definition) is 4. The molecule has 1 aromatic rings. The first-order valence-corrected chi connectivity index (χ1v) is 7.20. The van der Waals surface area contributed by atoms with Crippen LogP contribution in [0.5, 0.6) is 0 Å². The molecule has 0 saturated carbocycles. The maximum atomic E-state index is 12.0. The molecule has 0 spiro atoms. The maximum absolute atomic E-state index is 12.0. The van der Waals surface area contributed by atoms with Crippen molar-refractivity contribution in [2.24, 2.45) is 0 Å². The molecule has 0 amide bonds. The van der Waals surface area contributed by atoms with E-state index in [-0.39, 0.29) is 4.21 Å². The number of rotatable bonds is 2. The Balaban J connectivity index is 2.36. The van der Waals surface area contributed by atoms with Crippen molar-refractivity contribution >= 4 is 38.6 Å². The number of nitrogens with zero attached hydrogens (tertiary/aromatic N) is 1. The van der Waals surface area contributed by atoms with E-state index in [0.717, 1.165) is 24.2 Å². The van der Waals surface area contributed by atoms with Crippen LogP contribution in [0.4, 0.5) is 5.69 Å². The van der Waals surface area contributed by atoms with E-state index in [1.807, 2.05) is 0 Å². The Morgan fingerprint density at radius 1 is 1.40 bits per heavy atom. The van der Waals surface area contributed by atoms with Crippen molar-refractivity contribution in [3.05, 3.63) is 10.4 Å². The molecule has 0 atom stereocenters. The Kier molecular flexibility index (Phi) is 2.94. The van der Waals surface area contributed by atoms with Crippen LogP contribution in [0.2, 0.25) is 4.34 Å². The van der Waals surface area contributed by atoms with Gasteiger partial charge >= 0.3 is 0 Å². The van der Waals surface area contributed by atoms with Gasteiger partial charge in [-0.15, -0.1) is 11.3 Å². The molecule has 1 aliphatic rings. The SMILES string of the molecule is Nc1cc(S(=O)(=O)N2CCCC2)sc1Cl. The van der Waals surface area contributed by atoms with E-state index in [0.29, 0.717) is 23.1 Å². The normalized spacial score (nSPS) is 18.5. The van der Waals surface area contributed by atoms with Crippen molar-refractivity contribution in [3.8, 4) is 0 Å². The number of sulfonamides is 1. The lowest BCUT2D eigenvalue weighted by atomic mass is 10.4. The van der Waals surface area contributed by atoms with Crippen molar-refractivity contribution in [2.45, 2.75) is 17.1 Å². The summed E-state index contributed by atoms with van der Waals surface area (Å²) in [5, 5.41) is 0. The Morgan fingerprint density at radius 3 is 2.47 bits per heavy atom. The first-order valence-electron chi connectivity index (χ1n) is 4.57. The zero-order chi connectivity index (χ0) is 11.1. The summed E-state index contributed by atoms with van der Waals surface area (Å²) < 4.78 is 26.1. The summed E-state index contributed by atoms with van der Waals surface area (Å²) in [6.07, 6.45) is 1.85. The Hall–Kier alpha value is -0.300. The van der Waals surface area contributed by atoms with Crippen LogP contribution >= 0.6 is 22.9 Å². The topological polar surface area (TPSA) is 63.4 Å². The number of nitrogen functional groups attached to an aromatic ring is 1. The molecule has 2 N–H and O–H groups in total. The van der Waals surface area contributed by atoms with Gasteiger partial charge in [0, 0.05) is 13.1 Å². The highest BCUT2D eigenvalue weighted by atomic mass is 35.5. The summed E-state index contributed by atoms with van der Waals surface area (Å²) >= 11 is 6.77. The lowest BCUT2D eigenvalue weighted by molar-refractivity contribution is 0.479. The first kappa shape index (κ1) is 11.2. The van der Waals surface area contributed by atoms with Gasteiger partial charge in [-0.25, -0.2) is 8.42 Å². The molecule has 1 saturated heterocycles. The zero-order valence-corrected chi connectivity index (χ0v) is 10.3. The third-order valence-corrected chi connectivity index (χ3v) is 6.09. The van der Waals surface area contributed by atoms with E-state index < -0.39 is 10.0 Å². The van der Waals surface area contributed by atoms with Gasteiger partial charge in [-0.2, -0.15) is 4.31 Å². The van der Waals surface area contributed by atoms with E-state index in [4.69, 9.17) is 17.3 Å². The summed E-state index contributed by atoms with van der Waals surface area (Å²) in [4.78, 5) is 0. The van der Waals surface area contributed by atoms with Gasteiger partial charge in [-0.05, 0) is 18.9 Å². The number of anilines is 1. The predicted octanol–water partition coefficient (Wildman–Crippen LogP) is 1.77. The van der Waals surface area contributed by atoms with Crippen LogP contribution in [0, 0.1) is 0 Å². The van der Waals surface area contributed by atoms with E-state index in [9.17, 15) is 8.42 Å². The van der Waals surface area contributed by atoms with Gasteiger partial charge in [0.1, 0.15) is 8.55 Å². The molecule has 15 heavy (non-hydrogen) atoms. The number of thiophene rings is 1. The molecule has 0 unspecified atom stereocenters. The van der Waals surface area contributed by atoms with Crippen molar-refractivity contribution in [3.63, 3.8) is 0 Å². The second-order valence-corrected chi connectivity index (χ2v) is 7.22. The molecule has 84 valence electrons. The van der Waals surface area contributed by atoms with Gasteiger partial charge in [-0.3, -0.25) is 0 Å². The zero-order valence-electron chi connectivity index (χ0n) is 7.94. The average molecular weight is 267 g/mol. The fourth-order valence-electron chi connectivity index (χ4n) is 1.54. The standard InChI is InChI=1S/C8H11ClN2O2S2/c9-8-6(10)5-7(14-8)15(12,13)11-3-1-2-4-11/h5H,1-4,10H2. The van der Waals surface area contributed by atoms with Crippen molar-refractivity contribution in [1.29, 1.82) is 0 Å². The third kappa shape index (κ3) is 1.99. The second-order valence-electron chi connectivity index (χ2n) is 3.41. The Bertz CT molecular complexity index is 443. The molecule has 0 aliphatic carbocycles. The monoisotopic (exact) mass is 266 g/mol. The van der Waals surface area contributed by atoms with Crippen molar-refractivity contribution < 1.29 is 8.42 Å². The van der Waals surface area contributed by atoms with Gasteiger partial charge in [-0.1, -0.05) is 11.6 Å². The fraction of sp³-hybridized carbons (Fsp3) is 0.500. The summed E-state index contributed by atoms with van der Waals surface area (Å²) in [6, 6.07) is 1.43. The molecule has 7 heteroatoms. The highest BCUT2D eigenvalue weighted by Crippen LogP contribution is 2.34. The van der Waals surface area contributed by atoms with Crippen LogP contribution in [-0.4, -0.2) is 25.8 Å². The van der Waals surface area contributed by atoms with Gasteiger partial charge < -0.3 is 5.73 Å². The number of hydrogen-bond donors (Lipinski definition) is 1. The second kappa shape index (κ2) is 3.93. The van der Waals surface area contributed by atoms with E-state index in [1.165, 1.54) is 10.4 Å². The van der Waals surface area contributed by atoms with E-state index in [2.05, 4.69) is 0 Å². The molecule has 0 radical (unpaired) electrons. The molecule has 1 fully saturated rings. The molecule has 0 aromatic carbocycles. The first-order chi connectivity index (χ1) is 7.01. The van der Waals surface area contributed by atoms with Gasteiger partial charge in [0.25, 0.3) is 10.0 Å². The summed E-state index contributed by atoms with van der Waals surface area (Å²) in [5.41, 5.74) is 5.86. The van der Waals surface area contributed by atoms with Crippen LogP contribution in [0.15, 0.2) is 10.3 Å². The van der Waals surface area contributed by atoms with Gasteiger partial charge in [0.15, 0.2) is 0 Å². The van der Waals surface area contributed by atoms with Gasteiger partial charge in [0.2, 0.25) is 0 Å². The lowest BCUT2D eigenvalue weighted by Gasteiger charge is -2.13. The molecule has 2 rings (SSSR count). The Labute approximate surface area is 97.7 Å².